The predicted molar refractivity (Wildman–Crippen MR) is 50.7 cm³/mol. The highest BCUT2D eigenvalue weighted by atomic mass is 35.5. The van der Waals surface area contributed by atoms with Crippen LogP contribution in [-0.4, -0.2) is 5.11 Å². The number of hydrogen-bond donors (Lipinski definition) is 2. The first-order valence-electron chi connectivity index (χ1n) is 3.46. The topological polar surface area (TPSA) is 46.2 Å². The van der Waals surface area contributed by atoms with Gasteiger partial charge in [-0.1, -0.05) is 23.2 Å². The third kappa shape index (κ3) is 1.83. The van der Waals surface area contributed by atoms with E-state index in [1.165, 1.54) is 12.1 Å². The maximum Gasteiger partial charge on any atom is 0.118 e. The summed E-state index contributed by atoms with van der Waals surface area (Å²) in [6, 6.07) is 2.61. The van der Waals surface area contributed by atoms with Crippen LogP contribution in [0.1, 0.15) is 18.5 Å². The zero-order chi connectivity index (χ0) is 9.30. The lowest BCUT2D eigenvalue weighted by Crippen LogP contribution is -2.06. The Morgan fingerprint density at radius 3 is 2.08 bits per heavy atom. The van der Waals surface area contributed by atoms with E-state index in [-0.39, 0.29) is 11.8 Å². The van der Waals surface area contributed by atoms with Crippen molar-refractivity contribution in [1.82, 2.24) is 0 Å². The Hall–Kier alpha value is -0.440. The van der Waals surface area contributed by atoms with Crippen molar-refractivity contribution >= 4 is 23.2 Å². The summed E-state index contributed by atoms with van der Waals surface area (Å²) in [7, 11) is 0. The lowest BCUT2D eigenvalue weighted by Gasteiger charge is -2.10. The van der Waals surface area contributed by atoms with Crippen LogP contribution in [0.2, 0.25) is 10.0 Å². The Morgan fingerprint density at radius 1 is 1.33 bits per heavy atom. The van der Waals surface area contributed by atoms with E-state index in [1.54, 1.807) is 6.92 Å². The first kappa shape index (κ1) is 9.65. The van der Waals surface area contributed by atoms with Gasteiger partial charge in [0.2, 0.25) is 0 Å². The smallest absolute Gasteiger partial charge is 0.118 e. The second-order valence-corrected chi connectivity index (χ2v) is 3.43. The summed E-state index contributed by atoms with van der Waals surface area (Å²) in [4.78, 5) is 0. The van der Waals surface area contributed by atoms with E-state index in [0.29, 0.717) is 15.6 Å². The van der Waals surface area contributed by atoms with E-state index < -0.39 is 0 Å². The SMILES string of the molecule is CC(N)c1c(Cl)cc(O)cc1Cl. The van der Waals surface area contributed by atoms with E-state index in [2.05, 4.69) is 0 Å². The highest BCUT2D eigenvalue weighted by molar-refractivity contribution is 6.36. The van der Waals surface area contributed by atoms with Crippen LogP contribution in [0.25, 0.3) is 0 Å². The van der Waals surface area contributed by atoms with Crippen molar-refractivity contribution in [1.29, 1.82) is 0 Å². The second kappa shape index (κ2) is 3.52. The molecule has 1 rings (SSSR count). The Bertz CT molecular complexity index is 276. The minimum atomic E-state index is -0.231. The highest BCUT2D eigenvalue weighted by Crippen LogP contribution is 2.32. The van der Waals surface area contributed by atoms with Crippen molar-refractivity contribution in [3.63, 3.8) is 0 Å². The van der Waals surface area contributed by atoms with Crippen LogP contribution in [-0.2, 0) is 0 Å². The average molecular weight is 206 g/mol. The molecule has 0 radical (unpaired) electrons. The molecule has 0 fully saturated rings. The Labute approximate surface area is 80.9 Å². The fourth-order valence-electron chi connectivity index (χ4n) is 1.01. The van der Waals surface area contributed by atoms with Crippen LogP contribution in [0.5, 0.6) is 5.75 Å². The van der Waals surface area contributed by atoms with Crippen molar-refractivity contribution in [3.8, 4) is 5.75 Å². The molecule has 0 saturated heterocycles. The molecule has 2 nitrogen and oxygen atoms in total. The maximum absolute atomic E-state index is 9.09. The number of benzene rings is 1. The zero-order valence-electron chi connectivity index (χ0n) is 6.51. The van der Waals surface area contributed by atoms with Gasteiger partial charge in [0.05, 0.1) is 10.0 Å². The third-order valence-electron chi connectivity index (χ3n) is 1.52. The number of phenols is 1. The molecule has 1 unspecified atom stereocenters. The van der Waals surface area contributed by atoms with Crippen LogP contribution in [0.3, 0.4) is 0 Å². The van der Waals surface area contributed by atoms with Gasteiger partial charge < -0.3 is 10.8 Å². The summed E-state index contributed by atoms with van der Waals surface area (Å²) < 4.78 is 0. The van der Waals surface area contributed by atoms with Gasteiger partial charge in [0.25, 0.3) is 0 Å². The molecule has 0 aliphatic carbocycles. The summed E-state index contributed by atoms with van der Waals surface area (Å²) in [6.07, 6.45) is 0. The largest absolute Gasteiger partial charge is 0.508 e. The number of aromatic hydroxyl groups is 1. The summed E-state index contributed by atoms with van der Waals surface area (Å²) in [5.74, 6) is 0.0504. The van der Waals surface area contributed by atoms with E-state index in [1.807, 2.05) is 0 Å². The molecule has 1 aromatic rings. The van der Waals surface area contributed by atoms with Gasteiger partial charge in [-0.15, -0.1) is 0 Å². The van der Waals surface area contributed by atoms with Crippen molar-refractivity contribution in [3.05, 3.63) is 27.7 Å². The molecule has 0 aromatic heterocycles. The normalized spacial score (nSPS) is 13.0. The minimum absolute atomic E-state index is 0.0504. The van der Waals surface area contributed by atoms with Crippen molar-refractivity contribution in [2.45, 2.75) is 13.0 Å². The molecule has 0 aliphatic rings. The Kier molecular flexibility index (Phi) is 2.83. The quantitative estimate of drug-likeness (QED) is 0.741. The molecule has 0 aliphatic heterocycles. The van der Waals surface area contributed by atoms with E-state index in [4.69, 9.17) is 34.0 Å². The first-order valence-corrected chi connectivity index (χ1v) is 4.21. The molecule has 0 spiro atoms. The highest BCUT2D eigenvalue weighted by Gasteiger charge is 2.11. The summed E-state index contributed by atoms with van der Waals surface area (Å²) in [6.45, 7) is 1.78. The molecule has 4 heteroatoms. The van der Waals surface area contributed by atoms with Crippen LogP contribution in [0.4, 0.5) is 0 Å². The zero-order valence-corrected chi connectivity index (χ0v) is 8.02. The van der Waals surface area contributed by atoms with Gasteiger partial charge in [-0.3, -0.25) is 0 Å². The molecule has 3 N–H and O–H groups in total. The fraction of sp³-hybridized carbons (Fsp3) is 0.250. The molecular weight excluding hydrogens is 197 g/mol. The number of phenolic OH excluding ortho intramolecular Hbond substituents is 1. The molecule has 0 amide bonds. The van der Waals surface area contributed by atoms with Gasteiger partial charge in [-0.25, -0.2) is 0 Å². The number of halogens is 2. The first-order chi connectivity index (χ1) is 5.52. The minimum Gasteiger partial charge on any atom is -0.508 e. The summed E-state index contributed by atoms with van der Waals surface area (Å²) in [5, 5.41) is 9.89. The van der Waals surface area contributed by atoms with Gasteiger partial charge in [0.15, 0.2) is 0 Å². The van der Waals surface area contributed by atoms with Gasteiger partial charge in [0.1, 0.15) is 5.75 Å². The monoisotopic (exact) mass is 205 g/mol. The molecular formula is C8H9Cl2NO. The Morgan fingerprint density at radius 2 is 1.75 bits per heavy atom. The number of hydrogen-bond acceptors (Lipinski definition) is 2. The predicted octanol–water partition coefficient (Wildman–Crippen LogP) is 2.72. The van der Waals surface area contributed by atoms with E-state index in [9.17, 15) is 0 Å². The van der Waals surface area contributed by atoms with Crippen LogP contribution in [0.15, 0.2) is 12.1 Å². The molecule has 0 bridgehead atoms. The number of nitrogens with two attached hydrogens (primary N) is 1. The van der Waals surface area contributed by atoms with Crippen LogP contribution >= 0.6 is 23.2 Å². The van der Waals surface area contributed by atoms with Gasteiger partial charge in [-0.05, 0) is 19.1 Å². The van der Waals surface area contributed by atoms with Crippen LogP contribution in [0, 0.1) is 0 Å². The molecule has 66 valence electrons. The maximum atomic E-state index is 9.09. The molecule has 0 heterocycles. The lowest BCUT2D eigenvalue weighted by molar-refractivity contribution is 0.475. The van der Waals surface area contributed by atoms with Gasteiger partial charge in [0, 0.05) is 11.6 Å². The summed E-state index contributed by atoms with van der Waals surface area (Å²) >= 11 is 11.6. The van der Waals surface area contributed by atoms with Gasteiger partial charge >= 0.3 is 0 Å². The van der Waals surface area contributed by atoms with Gasteiger partial charge in [-0.2, -0.15) is 0 Å². The van der Waals surface area contributed by atoms with Crippen molar-refractivity contribution in [2.75, 3.05) is 0 Å². The number of rotatable bonds is 1. The lowest BCUT2D eigenvalue weighted by atomic mass is 10.1. The van der Waals surface area contributed by atoms with Crippen molar-refractivity contribution in [2.24, 2.45) is 5.73 Å². The van der Waals surface area contributed by atoms with Crippen molar-refractivity contribution < 1.29 is 5.11 Å². The molecule has 1 atom stereocenters. The average Bonchev–Trinajstić information content (AvgIpc) is 1.82. The second-order valence-electron chi connectivity index (χ2n) is 2.61. The molecule has 1 aromatic carbocycles. The fourth-order valence-corrected chi connectivity index (χ4v) is 1.83. The van der Waals surface area contributed by atoms with Crippen LogP contribution < -0.4 is 5.73 Å². The van der Waals surface area contributed by atoms with E-state index in [0.717, 1.165) is 0 Å². The molecule has 12 heavy (non-hydrogen) atoms. The van der Waals surface area contributed by atoms with E-state index >= 15 is 0 Å². The summed E-state index contributed by atoms with van der Waals surface area (Å²) in [5.41, 5.74) is 6.28. The standard InChI is InChI=1S/C8H9Cl2NO/c1-4(11)8-6(9)2-5(12)3-7(8)10/h2-4,12H,11H2,1H3. The molecule has 0 saturated carbocycles. The third-order valence-corrected chi connectivity index (χ3v) is 2.14. The Balaban J connectivity index is 3.28.